The zero-order valence-electron chi connectivity index (χ0n) is 33.1. The van der Waals surface area contributed by atoms with Crippen molar-refractivity contribution < 1.29 is 18.3 Å². The molecule has 1 amide bonds. The van der Waals surface area contributed by atoms with Gasteiger partial charge in [0.15, 0.2) is 19.8 Å². The first-order valence-electron chi connectivity index (χ1n) is 18.9. The molecule has 11 heteroatoms. The number of unbranched alkanes of at least 4 members (excludes halogenated alkanes) is 5. The summed E-state index contributed by atoms with van der Waals surface area (Å²) in [6.45, 7) is 21.3. The smallest absolute Gasteiger partial charge is 0.416 e. The summed E-state index contributed by atoms with van der Waals surface area (Å²) < 4.78 is 28.0. The van der Waals surface area contributed by atoms with Crippen LogP contribution in [0.3, 0.4) is 0 Å². The van der Waals surface area contributed by atoms with Crippen molar-refractivity contribution >= 4 is 31.7 Å². The Balaban J connectivity index is 1.67. The molecule has 3 heterocycles. The third-order valence-electron chi connectivity index (χ3n) is 9.85. The molecule has 0 saturated carbocycles. The summed E-state index contributed by atoms with van der Waals surface area (Å²) in [5, 5.41) is 4.74. The van der Waals surface area contributed by atoms with Gasteiger partial charge in [0.1, 0.15) is 11.4 Å². The number of nitrogens with zero attached hydrogens (tertiary/aromatic N) is 5. The van der Waals surface area contributed by atoms with Gasteiger partial charge in [-0.2, -0.15) is 8.91 Å². The number of amides is 1. The standard InChI is InChI=1S/C41H61FN6O3Si/c1-29(2)36-37(43)46-48-35(47(39(49)50-40(3,4)5)28-31-21-17-15-18-22-31)26-32(45-38(36)48)33(51-52(9,10)41(6,7)8)23-19-14-12-11-13-16-20-30-24-25-34(42)44-27-30/h15,17-18,21-22,24-27,29,33H,11-14,16,19-20,23,28H2,1-10H3,(H2,43,46)/t33-/m1/s1. The molecule has 1 aromatic carbocycles. The molecule has 0 bridgehead atoms. The Hall–Kier alpha value is -3.83. The third-order valence-corrected chi connectivity index (χ3v) is 14.3. The fraction of sp³-hybridized carbons (Fsp3) is 0.561. The second-order valence-electron chi connectivity index (χ2n) is 16.8. The van der Waals surface area contributed by atoms with Gasteiger partial charge in [0.05, 0.1) is 18.3 Å². The van der Waals surface area contributed by atoms with E-state index in [1.165, 1.54) is 6.07 Å². The molecular formula is C41H61FN6O3Si. The summed E-state index contributed by atoms with van der Waals surface area (Å²) in [6, 6.07) is 15.1. The summed E-state index contributed by atoms with van der Waals surface area (Å²) >= 11 is 0. The number of ether oxygens (including phenoxy) is 1. The second kappa shape index (κ2) is 17.3. The highest BCUT2D eigenvalue weighted by molar-refractivity contribution is 6.74. The molecule has 3 aromatic heterocycles. The Bertz CT molecular complexity index is 1750. The van der Waals surface area contributed by atoms with Gasteiger partial charge in [-0.15, -0.1) is 5.10 Å². The van der Waals surface area contributed by atoms with Gasteiger partial charge in [-0.05, 0) is 81.3 Å². The molecule has 0 spiro atoms. The summed E-state index contributed by atoms with van der Waals surface area (Å²) in [6.07, 6.45) is 9.03. The van der Waals surface area contributed by atoms with E-state index in [1.807, 2.05) is 63.2 Å². The van der Waals surface area contributed by atoms with Gasteiger partial charge in [-0.25, -0.2) is 14.8 Å². The van der Waals surface area contributed by atoms with E-state index in [-0.39, 0.29) is 23.6 Å². The van der Waals surface area contributed by atoms with Crippen LogP contribution in [0.2, 0.25) is 18.1 Å². The van der Waals surface area contributed by atoms with Crippen LogP contribution in [0.5, 0.6) is 0 Å². The van der Waals surface area contributed by atoms with E-state index in [9.17, 15) is 9.18 Å². The number of fused-ring (bicyclic) bond motifs is 1. The van der Waals surface area contributed by atoms with Crippen molar-refractivity contribution in [3.63, 3.8) is 0 Å². The highest BCUT2D eigenvalue weighted by Crippen LogP contribution is 2.42. The van der Waals surface area contributed by atoms with Crippen molar-refractivity contribution in [1.82, 2.24) is 19.6 Å². The maximum Gasteiger partial charge on any atom is 0.416 e. The number of pyridine rings is 1. The number of carbonyl (C=O) groups is 1. The highest BCUT2D eigenvalue weighted by Gasteiger charge is 2.40. The van der Waals surface area contributed by atoms with Crippen molar-refractivity contribution in [2.75, 3.05) is 10.6 Å². The van der Waals surface area contributed by atoms with E-state index in [0.29, 0.717) is 17.3 Å². The Morgan fingerprint density at radius 1 is 0.942 bits per heavy atom. The highest BCUT2D eigenvalue weighted by atomic mass is 28.4. The number of aromatic nitrogens is 4. The van der Waals surface area contributed by atoms with Crippen molar-refractivity contribution in [1.29, 1.82) is 0 Å². The molecule has 284 valence electrons. The van der Waals surface area contributed by atoms with Gasteiger partial charge < -0.3 is 14.9 Å². The van der Waals surface area contributed by atoms with Crippen LogP contribution in [0.1, 0.15) is 135 Å². The lowest BCUT2D eigenvalue weighted by atomic mass is 10.0. The minimum absolute atomic E-state index is 0.0157. The molecule has 52 heavy (non-hydrogen) atoms. The van der Waals surface area contributed by atoms with E-state index in [0.717, 1.165) is 73.8 Å². The molecule has 0 radical (unpaired) electrons. The fourth-order valence-electron chi connectivity index (χ4n) is 6.01. The Kier molecular flexibility index (Phi) is 13.6. The minimum atomic E-state index is -2.25. The van der Waals surface area contributed by atoms with Crippen LogP contribution >= 0.6 is 0 Å². The summed E-state index contributed by atoms with van der Waals surface area (Å²) in [7, 11) is -2.25. The molecule has 4 aromatic rings. The number of nitrogens with two attached hydrogens (primary N) is 1. The first-order chi connectivity index (χ1) is 24.4. The lowest BCUT2D eigenvalue weighted by Crippen LogP contribution is -2.42. The number of rotatable bonds is 16. The van der Waals surface area contributed by atoms with Gasteiger partial charge in [0, 0.05) is 17.8 Å². The second-order valence-corrected chi connectivity index (χ2v) is 21.6. The van der Waals surface area contributed by atoms with Crippen molar-refractivity contribution in [2.45, 2.75) is 149 Å². The molecule has 0 unspecified atom stereocenters. The van der Waals surface area contributed by atoms with Crippen LogP contribution in [0.4, 0.5) is 20.8 Å². The van der Waals surface area contributed by atoms with Crippen LogP contribution in [-0.4, -0.2) is 39.6 Å². The SMILES string of the molecule is CC(C)c1c(N)nn2c(N(Cc3ccccc3)C(=O)OC(C)(C)C)cc([C@@H](CCCCCCCCc3ccc(F)nc3)O[Si](C)(C)C(C)(C)C)nc12. The van der Waals surface area contributed by atoms with Crippen molar-refractivity contribution in [3.8, 4) is 0 Å². The predicted octanol–water partition coefficient (Wildman–Crippen LogP) is 10.9. The number of nitrogen functional groups attached to an aromatic ring is 1. The quantitative estimate of drug-likeness (QED) is 0.0694. The minimum Gasteiger partial charge on any atom is -0.443 e. The van der Waals surface area contributed by atoms with Crippen molar-refractivity contribution in [2.24, 2.45) is 0 Å². The molecule has 0 aliphatic heterocycles. The molecular weight excluding hydrogens is 672 g/mol. The zero-order valence-corrected chi connectivity index (χ0v) is 34.1. The van der Waals surface area contributed by atoms with E-state index in [1.54, 1.807) is 15.6 Å². The Morgan fingerprint density at radius 2 is 1.60 bits per heavy atom. The number of anilines is 2. The van der Waals surface area contributed by atoms with Gasteiger partial charge in [0.2, 0.25) is 5.95 Å². The molecule has 0 saturated heterocycles. The first-order valence-corrected chi connectivity index (χ1v) is 21.8. The van der Waals surface area contributed by atoms with Gasteiger partial charge in [0.25, 0.3) is 0 Å². The van der Waals surface area contributed by atoms with Crippen LogP contribution in [0, 0.1) is 5.95 Å². The topological polar surface area (TPSA) is 108 Å². The Morgan fingerprint density at radius 3 is 2.19 bits per heavy atom. The molecule has 0 fully saturated rings. The number of hydrogen-bond acceptors (Lipinski definition) is 7. The van der Waals surface area contributed by atoms with E-state index in [4.69, 9.17) is 25.0 Å². The number of benzene rings is 1. The molecule has 0 aliphatic carbocycles. The Labute approximate surface area is 311 Å². The molecule has 1 atom stereocenters. The summed E-state index contributed by atoms with van der Waals surface area (Å²) in [5.74, 6) is 0.545. The maximum absolute atomic E-state index is 14.1. The number of carbonyl (C=O) groups excluding carboxylic acids is 1. The van der Waals surface area contributed by atoms with Gasteiger partial charge >= 0.3 is 6.09 Å². The largest absolute Gasteiger partial charge is 0.443 e. The summed E-state index contributed by atoms with van der Waals surface area (Å²) in [5.41, 5.74) is 10.1. The van der Waals surface area contributed by atoms with Gasteiger partial charge in [-0.1, -0.05) is 103 Å². The lowest BCUT2D eigenvalue weighted by Gasteiger charge is -2.39. The summed E-state index contributed by atoms with van der Waals surface area (Å²) in [4.78, 5) is 24.7. The normalized spacial score (nSPS) is 13.2. The van der Waals surface area contributed by atoms with Crippen LogP contribution in [-0.2, 0) is 22.1 Å². The van der Waals surface area contributed by atoms with E-state index < -0.39 is 26.0 Å². The third kappa shape index (κ3) is 11.1. The van der Waals surface area contributed by atoms with Crippen LogP contribution in [0.15, 0.2) is 54.7 Å². The van der Waals surface area contributed by atoms with Gasteiger partial charge in [-0.3, -0.25) is 4.90 Å². The average molecular weight is 733 g/mol. The molecule has 2 N–H and O–H groups in total. The average Bonchev–Trinajstić information content (AvgIpc) is 3.39. The predicted molar refractivity (Wildman–Crippen MR) is 212 cm³/mol. The number of aryl methyl sites for hydroxylation is 1. The molecule has 9 nitrogen and oxygen atoms in total. The fourth-order valence-corrected chi connectivity index (χ4v) is 7.31. The molecule has 0 aliphatic rings. The van der Waals surface area contributed by atoms with Crippen LogP contribution in [0.25, 0.3) is 5.65 Å². The van der Waals surface area contributed by atoms with E-state index >= 15 is 0 Å². The zero-order chi connectivity index (χ0) is 38.3. The number of halogens is 1. The first kappa shape index (κ1) is 40.9. The molecule has 4 rings (SSSR count). The monoisotopic (exact) mass is 732 g/mol. The van der Waals surface area contributed by atoms with E-state index in [2.05, 4.69) is 52.7 Å². The maximum atomic E-state index is 14.1. The lowest BCUT2D eigenvalue weighted by molar-refractivity contribution is 0.0575. The number of hydrogen-bond donors (Lipinski definition) is 1. The van der Waals surface area contributed by atoms with Crippen molar-refractivity contribution in [3.05, 3.63) is 83.1 Å². The van der Waals surface area contributed by atoms with Crippen LogP contribution < -0.4 is 10.6 Å².